The topological polar surface area (TPSA) is 58.4 Å². The lowest BCUT2D eigenvalue weighted by atomic mass is 10.2. The quantitative estimate of drug-likeness (QED) is 0.669. The fourth-order valence-corrected chi connectivity index (χ4v) is 1.83. The van der Waals surface area contributed by atoms with E-state index in [2.05, 4.69) is 5.43 Å². The molecule has 5 heteroatoms. The minimum Gasteiger partial charge on any atom is -0.375 e. The summed E-state index contributed by atoms with van der Waals surface area (Å²) in [5.41, 5.74) is 9.93. The summed E-state index contributed by atoms with van der Waals surface area (Å²) in [7, 11) is 0. The van der Waals surface area contributed by atoms with Gasteiger partial charge in [-0.3, -0.25) is 15.2 Å². The molecule has 4 nitrogen and oxygen atoms in total. The minimum absolute atomic E-state index is 0.123. The Morgan fingerprint density at radius 1 is 1.05 bits per heavy atom. The zero-order chi connectivity index (χ0) is 14.4. The third kappa shape index (κ3) is 3.80. The van der Waals surface area contributed by atoms with Crippen LogP contribution in [0.2, 0.25) is 0 Å². The summed E-state index contributed by atoms with van der Waals surface area (Å²) in [6.07, 6.45) is 0. The molecule has 0 unspecified atom stereocenters. The summed E-state index contributed by atoms with van der Waals surface area (Å²) in [5.74, 6) is -0.241. The molecule has 0 aliphatic heterocycles. The highest BCUT2D eigenvalue weighted by Gasteiger charge is 2.12. The van der Waals surface area contributed by atoms with Gasteiger partial charge in [-0.25, -0.2) is 0 Å². The fourth-order valence-electron chi connectivity index (χ4n) is 1.72. The van der Waals surface area contributed by atoms with Crippen molar-refractivity contribution in [2.45, 2.75) is 6.54 Å². The summed E-state index contributed by atoms with van der Waals surface area (Å²) >= 11 is 4.97. The van der Waals surface area contributed by atoms with E-state index in [0.29, 0.717) is 12.1 Å². The molecule has 0 saturated carbocycles. The van der Waals surface area contributed by atoms with Crippen LogP contribution in [0.15, 0.2) is 60.7 Å². The molecule has 0 aliphatic rings. The molecule has 0 fully saturated rings. The highest BCUT2D eigenvalue weighted by molar-refractivity contribution is 7.80. The van der Waals surface area contributed by atoms with Gasteiger partial charge in [-0.2, -0.15) is 0 Å². The number of carbonyl (C=O) groups excluding carboxylic acids is 1. The number of hydrazine groups is 1. The molecule has 0 spiro atoms. The first-order valence-corrected chi connectivity index (χ1v) is 6.54. The number of benzene rings is 2. The molecule has 0 heterocycles. The van der Waals surface area contributed by atoms with Gasteiger partial charge < -0.3 is 5.73 Å². The SMILES string of the molecule is NC(=S)N(Cc1ccccc1)NC(=O)c1ccccc1. The predicted octanol–water partition coefficient (Wildman–Crippen LogP) is 2.08. The van der Waals surface area contributed by atoms with E-state index in [9.17, 15) is 4.79 Å². The van der Waals surface area contributed by atoms with Gasteiger partial charge in [0.25, 0.3) is 5.91 Å². The van der Waals surface area contributed by atoms with Crippen molar-refractivity contribution in [1.82, 2.24) is 10.4 Å². The molecule has 0 aromatic heterocycles. The smallest absolute Gasteiger partial charge is 0.269 e. The Labute approximate surface area is 123 Å². The lowest BCUT2D eigenvalue weighted by molar-refractivity contribution is 0.0866. The molecule has 20 heavy (non-hydrogen) atoms. The van der Waals surface area contributed by atoms with E-state index in [1.54, 1.807) is 24.3 Å². The van der Waals surface area contributed by atoms with Crippen LogP contribution >= 0.6 is 12.2 Å². The standard InChI is InChI=1S/C15H15N3OS/c16-15(20)18(11-12-7-3-1-4-8-12)17-14(19)13-9-5-2-6-10-13/h1-10H,11H2,(H2,16,20)(H,17,19). The number of nitrogens with one attached hydrogen (secondary N) is 1. The van der Waals surface area contributed by atoms with E-state index >= 15 is 0 Å². The molecular formula is C15H15N3OS. The van der Waals surface area contributed by atoms with Crippen LogP contribution < -0.4 is 11.2 Å². The summed E-state index contributed by atoms with van der Waals surface area (Å²) in [6, 6.07) is 18.6. The first-order valence-electron chi connectivity index (χ1n) is 6.14. The number of amides is 1. The fraction of sp³-hybridized carbons (Fsp3) is 0.0667. The molecule has 2 rings (SSSR count). The summed E-state index contributed by atoms with van der Waals surface area (Å²) in [6.45, 7) is 0.425. The first kappa shape index (κ1) is 14.0. The van der Waals surface area contributed by atoms with E-state index in [0.717, 1.165) is 5.56 Å². The number of hydrogen-bond acceptors (Lipinski definition) is 2. The largest absolute Gasteiger partial charge is 0.375 e. The maximum Gasteiger partial charge on any atom is 0.269 e. The third-order valence-electron chi connectivity index (χ3n) is 2.72. The van der Waals surface area contributed by atoms with Crippen LogP contribution in [0.4, 0.5) is 0 Å². The Balaban J connectivity index is 2.07. The molecular weight excluding hydrogens is 270 g/mol. The lowest BCUT2D eigenvalue weighted by Crippen LogP contribution is -2.48. The number of hydrogen-bond donors (Lipinski definition) is 2. The number of rotatable bonds is 3. The summed E-state index contributed by atoms with van der Waals surface area (Å²) in [4.78, 5) is 12.1. The Morgan fingerprint density at radius 3 is 2.15 bits per heavy atom. The molecule has 102 valence electrons. The summed E-state index contributed by atoms with van der Waals surface area (Å²) in [5, 5.41) is 1.58. The summed E-state index contributed by atoms with van der Waals surface area (Å²) < 4.78 is 0. The van der Waals surface area contributed by atoms with Crippen molar-refractivity contribution in [3.8, 4) is 0 Å². The number of carbonyl (C=O) groups is 1. The van der Waals surface area contributed by atoms with Gasteiger partial charge in [0, 0.05) is 5.56 Å². The Kier molecular flexibility index (Phi) is 4.68. The van der Waals surface area contributed by atoms with Gasteiger partial charge in [0.2, 0.25) is 0 Å². The zero-order valence-electron chi connectivity index (χ0n) is 10.8. The van der Waals surface area contributed by atoms with Gasteiger partial charge >= 0.3 is 0 Å². The number of thiocarbonyl (C=S) groups is 1. The van der Waals surface area contributed by atoms with Crippen molar-refractivity contribution >= 4 is 23.2 Å². The van der Waals surface area contributed by atoms with Gasteiger partial charge in [-0.1, -0.05) is 48.5 Å². The van der Waals surface area contributed by atoms with Crippen LogP contribution in [-0.2, 0) is 6.54 Å². The third-order valence-corrected chi connectivity index (χ3v) is 2.94. The van der Waals surface area contributed by atoms with Gasteiger partial charge in [0.15, 0.2) is 5.11 Å². The molecule has 0 saturated heterocycles. The highest BCUT2D eigenvalue weighted by atomic mass is 32.1. The van der Waals surface area contributed by atoms with Gasteiger partial charge in [0.1, 0.15) is 0 Å². The van der Waals surface area contributed by atoms with E-state index in [-0.39, 0.29) is 11.0 Å². The number of nitrogens with zero attached hydrogens (tertiary/aromatic N) is 1. The van der Waals surface area contributed by atoms with Crippen LogP contribution in [0.25, 0.3) is 0 Å². The van der Waals surface area contributed by atoms with Crippen LogP contribution in [0.1, 0.15) is 15.9 Å². The van der Waals surface area contributed by atoms with Crippen LogP contribution in [0, 0.1) is 0 Å². The van der Waals surface area contributed by atoms with E-state index in [1.807, 2.05) is 36.4 Å². The van der Waals surface area contributed by atoms with Crippen molar-refractivity contribution in [2.24, 2.45) is 5.73 Å². The average molecular weight is 285 g/mol. The van der Waals surface area contributed by atoms with Crippen molar-refractivity contribution < 1.29 is 4.79 Å². The predicted molar refractivity (Wildman–Crippen MR) is 82.7 cm³/mol. The molecule has 2 aromatic rings. The second-order valence-electron chi connectivity index (χ2n) is 4.22. The lowest BCUT2D eigenvalue weighted by Gasteiger charge is -2.23. The maximum atomic E-state index is 12.1. The molecule has 3 N–H and O–H groups in total. The van der Waals surface area contributed by atoms with Crippen molar-refractivity contribution in [2.75, 3.05) is 0 Å². The average Bonchev–Trinajstić information content (AvgIpc) is 2.48. The molecule has 0 bridgehead atoms. The van der Waals surface area contributed by atoms with Crippen LogP contribution in [0.5, 0.6) is 0 Å². The zero-order valence-corrected chi connectivity index (χ0v) is 11.6. The molecule has 0 atom stereocenters. The van der Waals surface area contributed by atoms with E-state index < -0.39 is 0 Å². The molecule has 0 radical (unpaired) electrons. The van der Waals surface area contributed by atoms with E-state index in [4.69, 9.17) is 18.0 Å². The Morgan fingerprint density at radius 2 is 1.60 bits per heavy atom. The maximum absolute atomic E-state index is 12.1. The number of nitrogens with two attached hydrogens (primary N) is 1. The minimum atomic E-state index is -0.241. The first-order chi connectivity index (χ1) is 9.66. The van der Waals surface area contributed by atoms with Crippen molar-refractivity contribution in [1.29, 1.82) is 0 Å². The molecule has 1 amide bonds. The second kappa shape index (κ2) is 6.68. The second-order valence-corrected chi connectivity index (χ2v) is 4.64. The molecule has 2 aromatic carbocycles. The van der Waals surface area contributed by atoms with Crippen LogP contribution in [-0.4, -0.2) is 16.0 Å². The monoisotopic (exact) mass is 285 g/mol. The van der Waals surface area contributed by atoms with Crippen molar-refractivity contribution in [3.63, 3.8) is 0 Å². The Hall–Kier alpha value is -2.40. The van der Waals surface area contributed by atoms with Crippen LogP contribution in [0.3, 0.4) is 0 Å². The van der Waals surface area contributed by atoms with Gasteiger partial charge in [-0.15, -0.1) is 0 Å². The Bertz CT molecular complexity index is 587. The van der Waals surface area contributed by atoms with Gasteiger partial charge in [-0.05, 0) is 29.9 Å². The van der Waals surface area contributed by atoms with Crippen molar-refractivity contribution in [3.05, 3.63) is 71.8 Å². The highest BCUT2D eigenvalue weighted by Crippen LogP contribution is 2.04. The van der Waals surface area contributed by atoms with Gasteiger partial charge in [0.05, 0.1) is 6.54 Å². The molecule has 0 aliphatic carbocycles. The van der Waals surface area contributed by atoms with E-state index in [1.165, 1.54) is 5.01 Å². The normalized spacial score (nSPS) is 9.80.